The van der Waals surface area contributed by atoms with Crippen molar-refractivity contribution in [2.45, 2.75) is 38.9 Å². The van der Waals surface area contributed by atoms with E-state index in [1.54, 1.807) is 23.4 Å². The Labute approximate surface area is 145 Å². The molecule has 1 saturated heterocycles. The van der Waals surface area contributed by atoms with Gasteiger partial charge in [0.2, 0.25) is 0 Å². The van der Waals surface area contributed by atoms with E-state index in [1.165, 1.54) is 11.3 Å². The predicted molar refractivity (Wildman–Crippen MR) is 91.4 cm³/mol. The summed E-state index contributed by atoms with van der Waals surface area (Å²) < 4.78 is 5.85. The number of ether oxygens (including phenoxy) is 1. The molecule has 0 aliphatic carbocycles. The van der Waals surface area contributed by atoms with Crippen molar-refractivity contribution in [2.75, 3.05) is 13.1 Å². The minimum atomic E-state index is -0.604. The molecule has 2 aromatic rings. The van der Waals surface area contributed by atoms with Crippen LogP contribution in [-0.4, -0.2) is 51.2 Å². The van der Waals surface area contributed by atoms with Crippen LogP contribution < -0.4 is 4.74 Å². The van der Waals surface area contributed by atoms with Crippen molar-refractivity contribution in [1.82, 2.24) is 14.9 Å². The molecule has 1 fully saturated rings. The highest BCUT2D eigenvalue weighted by atomic mass is 32.1. The number of nitrogens with zero attached hydrogens (tertiary/aromatic N) is 3. The first-order valence-electron chi connectivity index (χ1n) is 8.02. The van der Waals surface area contributed by atoms with Gasteiger partial charge >= 0.3 is 0 Å². The van der Waals surface area contributed by atoms with Crippen molar-refractivity contribution in [1.29, 1.82) is 0 Å². The number of aliphatic hydroxyl groups is 1. The molecule has 0 radical (unpaired) electrons. The van der Waals surface area contributed by atoms with Gasteiger partial charge in [0.1, 0.15) is 16.7 Å². The molecular weight excluding hydrogens is 326 g/mol. The lowest BCUT2D eigenvalue weighted by molar-refractivity contribution is 0.0348. The van der Waals surface area contributed by atoms with E-state index in [9.17, 15) is 9.90 Å². The fourth-order valence-corrected chi connectivity index (χ4v) is 3.75. The van der Waals surface area contributed by atoms with Crippen LogP contribution in [-0.2, 0) is 0 Å². The maximum Gasteiger partial charge on any atom is 0.265 e. The number of thiazole rings is 1. The fourth-order valence-electron chi connectivity index (χ4n) is 2.87. The molecule has 3 heterocycles. The Morgan fingerprint density at radius 3 is 2.83 bits per heavy atom. The molecule has 0 spiro atoms. The molecular formula is C17H21N3O3S. The summed E-state index contributed by atoms with van der Waals surface area (Å²) in [6.45, 7) is 4.83. The van der Waals surface area contributed by atoms with Crippen LogP contribution in [0.15, 0.2) is 24.5 Å². The minimum absolute atomic E-state index is 0.00710. The second-order valence-electron chi connectivity index (χ2n) is 5.93. The summed E-state index contributed by atoms with van der Waals surface area (Å²) in [7, 11) is 0. The number of aliphatic hydroxyl groups excluding tert-OH is 1. The number of amides is 1. The van der Waals surface area contributed by atoms with Crippen LogP contribution in [0, 0.1) is 13.8 Å². The molecule has 1 amide bonds. The van der Waals surface area contributed by atoms with Crippen molar-refractivity contribution in [3.05, 3.63) is 40.1 Å². The number of carbonyl (C=O) groups is 1. The topological polar surface area (TPSA) is 75.6 Å². The molecule has 0 bridgehead atoms. The van der Waals surface area contributed by atoms with Crippen LogP contribution in [0.4, 0.5) is 0 Å². The Bertz CT molecular complexity index is 704. The molecule has 1 aliphatic heterocycles. The van der Waals surface area contributed by atoms with Gasteiger partial charge in [0, 0.05) is 25.7 Å². The molecule has 0 unspecified atom stereocenters. The van der Waals surface area contributed by atoms with Crippen LogP contribution in [0.1, 0.15) is 33.2 Å². The number of carbonyl (C=O) groups excluding carboxylic acids is 1. The predicted octanol–water partition coefficient (Wildman–Crippen LogP) is 2.20. The monoisotopic (exact) mass is 347 g/mol. The molecule has 128 valence electrons. The van der Waals surface area contributed by atoms with E-state index in [4.69, 9.17) is 4.74 Å². The molecule has 1 aliphatic rings. The average Bonchev–Trinajstić information content (AvgIpc) is 2.81. The number of pyridine rings is 1. The lowest BCUT2D eigenvalue weighted by Crippen LogP contribution is -2.32. The van der Waals surface area contributed by atoms with Crippen molar-refractivity contribution < 1.29 is 14.6 Å². The van der Waals surface area contributed by atoms with Crippen LogP contribution in [0.5, 0.6) is 5.75 Å². The van der Waals surface area contributed by atoms with Gasteiger partial charge in [-0.15, -0.1) is 11.3 Å². The normalized spacial score (nSPS) is 21.4. The molecule has 0 aromatic carbocycles. The number of aromatic nitrogens is 2. The average molecular weight is 347 g/mol. The van der Waals surface area contributed by atoms with E-state index >= 15 is 0 Å². The quantitative estimate of drug-likeness (QED) is 0.921. The Kier molecular flexibility index (Phi) is 5.11. The van der Waals surface area contributed by atoms with Gasteiger partial charge in [-0.25, -0.2) is 4.98 Å². The third-order valence-corrected chi connectivity index (χ3v) is 5.18. The Hall–Kier alpha value is -1.99. The number of rotatable bonds is 3. The van der Waals surface area contributed by atoms with Gasteiger partial charge in [0.15, 0.2) is 0 Å². The number of aryl methyl sites for hydroxylation is 2. The SMILES string of the molecule is Cc1nc(C)c(C(=O)N2CC[C@H](Oc3cccnc3)[C@@H](O)CC2)s1. The van der Waals surface area contributed by atoms with Crippen LogP contribution >= 0.6 is 11.3 Å². The zero-order valence-electron chi connectivity index (χ0n) is 13.8. The minimum Gasteiger partial charge on any atom is -0.486 e. The summed E-state index contributed by atoms with van der Waals surface area (Å²) in [6.07, 6.45) is 3.44. The molecule has 2 aromatic heterocycles. The molecule has 0 saturated carbocycles. The molecule has 3 rings (SSSR count). The van der Waals surface area contributed by atoms with Gasteiger partial charge in [0.25, 0.3) is 5.91 Å². The molecule has 7 heteroatoms. The number of hydrogen-bond donors (Lipinski definition) is 1. The van der Waals surface area contributed by atoms with E-state index < -0.39 is 6.10 Å². The highest BCUT2D eigenvalue weighted by Crippen LogP contribution is 2.23. The van der Waals surface area contributed by atoms with Crippen molar-refractivity contribution in [3.63, 3.8) is 0 Å². The first kappa shape index (κ1) is 16.9. The Balaban J connectivity index is 1.67. The van der Waals surface area contributed by atoms with Crippen molar-refractivity contribution in [2.24, 2.45) is 0 Å². The van der Waals surface area contributed by atoms with Crippen LogP contribution in [0.25, 0.3) is 0 Å². The summed E-state index contributed by atoms with van der Waals surface area (Å²) in [5, 5.41) is 11.2. The number of likely N-dealkylation sites (tertiary alicyclic amines) is 1. The summed E-state index contributed by atoms with van der Waals surface area (Å²) in [4.78, 5) is 23.5. The smallest absolute Gasteiger partial charge is 0.265 e. The van der Waals surface area contributed by atoms with Crippen LogP contribution in [0.3, 0.4) is 0 Å². The third-order valence-electron chi connectivity index (χ3n) is 4.11. The third kappa shape index (κ3) is 3.73. The first-order chi connectivity index (χ1) is 11.5. The highest BCUT2D eigenvalue weighted by Gasteiger charge is 2.30. The van der Waals surface area contributed by atoms with Gasteiger partial charge in [-0.1, -0.05) is 0 Å². The lowest BCUT2D eigenvalue weighted by Gasteiger charge is -2.21. The highest BCUT2D eigenvalue weighted by molar-refractivity contribution is 7.13. The molecule has 2 atom stereocenters. The standard InChI is InChI=1S/C17H21N3O3S/c1-11-16(24-12(2)19-11)17(22)20-8-5-14(21)15(6-9-20)23-13-4-3-7-18-10-13/h3-4,7,10,14-15,21H,5-6,8-9H2,1-2H3/t14-,15-/m0/s1. The molecule has 6 nitrogen and oxygen atoms in total. The van der Waals surface area contributed by atoms with Gasteiger partial charge in [-0.05, 0) is 32.4 Å². The fraction of sp³-hybridized carbons (Fsp3) is 0.471. The number of hydrogen-bond acceptors (Lipinski definition) is 6. The maximum atomic E-state index is 12.7. The van der Waals surface area contributed by atoms with Gasteiger partial charge in [-0.2, -0.15) is 0 Å². The van der Waals surface area contributed by atoms with Gasteiger partial charge in [0.05, 0.1) is 23.0 Å². The zero-order chi connectivity index (χ0) is 17.1. The Morgan fingerprint density at radius 2 is 2.17 bits per heavy atom. The molecule has 24 heavy (non-hydrogen) atoms. The Morgan fingerprint density at radius 1 is 1.38 bits per heavy atom. The summed E-state index contributed by atoms with van der Waals surface area (Å²) in [5.41, 5.74) is 0.774. The summed E-state index contributed by atoms with van der Waals surface area (Å²) in [6, 6.07) is 3.61. The van der Waals surface area contributed by atoms with Crippen molar-refractivity contribution in [3.8, 4) is 5.75 Å². The summed E-state index contributed by atoms with van der Waals surface area (Å²) in [5.74, 6) is 0.627. The maximum absolute atomic E-state index is 12.7. The van der Waals surface area contributed by atoms with E-state index in [2.05, 4.69) is 9.97 Å². The van der Waals surface area contributed by atoms with Gasteiger partial charge in [-0.3, -0.25) is 9.78 Å². The summed E-state index contributed by atoms with van der Waals surface area (Å²) >= 11 is 1.42. The second-order valence-corrected chi connectivity index (χ2v) is 7.13. The molecule has 1 N–H and O–H groups in total. The van der Waals surface area contributed by atoms with E-state index in [0.29, 0.717) is 36.6 Å². The van der Waals surface area contributed by atoms with E-state index in [1.807, 2.05) is 19.9 Å². The lowest BCUT2D eigenvalue weighted by atomic mass is 10.1. The first-order valence-corrected chi connectivity index (χ1v) is 8.84. The van der Waals surface area contributed by atoms with Gasteiger partial charge < -0.3 is 14.7 Å². The largest absolute Gasteiger partial charge is 0.486 e. The zero-order valence-corrected chi connectivity index (χ0v) is 14.6. The van der Waals surface area contributed by atoms with Crippen LogP contribution in [0.2, 0.25) is 0 Å². The van der Waals surface area contributed by atoms with E-state index in [0.717, 1.165) is 10.7 Å². The van der Waals surface area contributed by atoms with Crippen molar-refractivity contribution >= 4 is 17.2 Å². The van der Waals surface area contributed by atoms with E-state index in [-0.39, 0.29) is 12.0 Å². The second kappa shape index (κ2) is 7.27.